The van der Waals surface area contributed by atoms with Crippen LogP contribution in [0.4, 0.5) is 0 Å². The molecule has 6 aliphatic rings. The van der Waals surface area contributed by atoms with E-state index in [0.717, 1.165) is 18.1 Å². The van der Waals surface area contributed by atoms with Gasteiger partial charge in [0.15, 0.2) is 24.3 Å². The van der Waals surface area contributed by atoms with Gasteiger partial charge in [-0.25, -0.2) is 0 Å². The van der Waals surface area contributed by atoms with Gasteiger partial charge in [0.05, 0.1) is 18.1 Å². The molecule has 0 aromatic heterocycles. The first-order valence-electron chi connectivity index (χ1n) is 23.3. The minimum absolute atomic E-state index is 0.0455. The number of aliphatic hydroxyl groups is 1. The molecule has 0 bridgehead atoms. The van der Waals surface area contributed by atoms with Crippen molar-refractivity contribution in [3.63, 3.8) is 0 Å². The number of carbonyl (C=O) groups excluding carboxylic acids is 3. The topological polar surface area (TPSA) is 99.1 Å². The lowest BCUT2D eigenvalue weighted by atomic mass is 9.39. The lowest BCUT2D eigenvalue weighted by Gasteiger charge is -2.66. The predicted molar refractivity (Wildman–Crippen MR) is 189 cm³/mol. The van der Waals surface area contributed by atoms with Gasteiger partial charge >= 0.3 is 5.97 Å². The van der Waals surface area contributed by atoms with Crippen molar-refractivity contribution in [3.8, 4) is 0 Å². The van der Waals surface area contributed by atoms with Crippen molar-refractivity contribution in [2.24, 2.45) is 63.5 Å². The fourth-order valence-corrected chi connectivity index (χ4v) is 11.4. The second kappa shape index (κ2) is 12.7. The predicted octanol–water partition coefficient (Wildman–Crippen LogP) is 8.03. The molecule has 0 aromatic rings. The van der Waals surface area contributed by atoms with Gasteiger partial charge in [-0.1, -0.05) is 92.6 Å². The summed E-state index contributed by atoms with van der Waals surface area (Å²) in [5, 5.41) is 13.0. The van der Waals surface area contributed by atoms with Gasteiger partial charge in [-0.15, -0.1) is 0 Å². The molecule has 5 aliphatic carbocycles. The fourth-order valence-electron chi connectivity index (χ4n) is 11.4. The number of ether oxygens (including phenoxy) is 3. The van der Waals surface area contributed by atoms with Crippen LogP contribution < -0.4 is 0 Å². The van der Waals surface area contributed by atoms with Gasteiger partial charge in [-0.2, -0.15) is 0 Å². The molecule has 7 nitrogen and oxygen atoms in total. The molecular weight excluding hydrogens is 616 g/mol. The van der Waals surface area contributed by atoms with Crippen LogP contribution in [0.15, 0.2) is 22.8 Å². The van der Waals surface area contributed by atoms with E-state index in [-0.39, 0.29) is 30.5 Å². The molecule has 1 N–H and O–H groups in total. The summed E-state index contributed by atoms with van der Waals surface area (Å²) in [6.45, 7) is 18.8. The zero-order valence-electron chi connectivity index (χ0n) is 41.2. The Hall–Kier alpha value is -1.83. The molecule has 0 aromatic carbocycles. The maximum Gasteiger partial charge on any atom is 0.309 e. The molecular formula is C42H64O7. The Morgan fingerprint density at radius 3 is 2.47 bits per heavy atom. The highest BCUT2D eigenvalue weighted by Gasteiger charge is 2.80. The second-order valence-electron chi connectivity index (χ2n) is 17.0. The maximum atomic E-state index is 15.4. The molecule has 49 heavy (non-hydrogen) atoms. The number of fused-ring (bicyclic) bond motifs is 7. The van der Waals surface area contributed by atoms with Crippen molar-refractivity contribution < 1.29 is 47.4 Å². The van der Waals surface area contributed by atoms with Crippen LogP contribution in [0.5, 0.6) is 0 Å². The van der Waals surface area contributed by atoms with Crippen molar-refractivity contribution in [3.05, 3.63) is 22.8 Å². The summed E-state index contributed by atoms with van der Waals surface area (Å²) < 4.78 is 108. The summed E-state index contributed by atoms with van der Waals surface area (Å²) in [5.41, 5.74) is -2.26. The van der Waals surface area contributed by atoms with Crippen molar-refractivity contribution in [1.29, 1.82) is 0 Å². The molecule has 1 heterocycles. The van der Waals surface area contributed by atoms with E-state index in [9.17, 15) is 17.4 Å². The van der Waals surface area contributed by atoms with Crippen LogP contribution in [0, 0.1) is 63.5 Å². The van der Waals surface area contributed by atoms with E-state index < -0.39 is 120 Å². The number of esters is 1. The smallest absolute Gasteiger partial charge is 0.309 e. The summed E-state index contributed by atoms with van der Waals surface area (Å²) in [7, 11) is 0. The summed E-state index contributed by atoms with van der Waals surface area (Å²) in [4.78, 5) is 42.0. The van der Waals surface area contributed by atoms with Crippen LogP contribution in [0.2, 0.25) is 0 Å². The molecule has 274 valence electrons. The number of aliphatic hydroxyl groups excluding tert-OH is 1. The first-order chi connectivity index (χ1) is 26.6. The number of hydrogen-bond acceptors (Lipinski definition) is 7. The number of rotatable bonds is 7. The summed E-state index contributed by atoms with van der Waals surface area (Å²) in [6.07, 6.45) is -16.1. The Morgan fingerprint density at radius 2 is 1.84 bits per heavy atom. The average molecular weight is 691 g/mol. The largest absolute Gasteiger partial charge is 0.457 e. The van der Waals surface area contributed by atoms with Crippen molar-refractivity contribution in [1.82, 2.24) is 0 Å². The normalized spacial score (nSPS) is 54.3. The van der Waals surface area contributed by atoms with Gasteiger partial charge < -0.3 is 19.3 Å². The standard InChI is InChI=1S/C42H64O7/c1-12-40-26(7)36(45)35-30(18-17-28-19-32(43)24(5)25(6)41(28,35)22(2)3)31(40)20-34-42(40,33(44)21-47-37(46)27(8)39(9,10)11)49-38(48-34)29-16-14-13-15-23(29)4/h19,22-23,26-27,29-31,34-36,38,45H,12-18,20-21H2,1-11H3/t23?,26?,27?,29?,30-,31-,34+,35+,36-,38+,40-,41-,42+/m0/s1/i13D2,14D2,15D2,16D2,23D,29D. The first-order valence-corrected chi connectivity index (χ1v) is 18.3. The van der Waals surface area contributed by atoms with Gasteiger partial charge in [-0.05, 0) is 92.5 Å². The van der Waals surface area contributed by atoms with E-state index in [0.29, 0.717) is 18.4 Å². The van der Waals surface area contributed by atoms with Gasteiger partial charge in [-0.3, -0.25) is 14.4 Å². The van der Waals surface area contributed by atoms with E-state index in [1.54, 1.807) is 13.0 Å². The molecule has 1 aliphatic heterocycles. The Kier molecular flexibility index (Phi) is 6.74. The minimum atomic E-state index is -3.71. The highest BCUT2D eigenvalue weighted by Crippen LogP contribution is 2.74. The number of hydrogen-bond donors (Lipinski definition) is 1. The van der Waals surface area contributed by atoms with E-state index in [4.69, 9.17) is 25.2 Å². The van der Waals surface area contributed by atoms with Gasteiger partial charge in [0.25, 0.3) is 0 Å². The Morgan fingerprint density at radius 1 is 1.16 bits per heavy atom. The summed E-state index contributed by atoms with van der Waals surface area (Å²) in [5.74, 6) is -10.5. The van der Waals surface area contributed by atoms with Crippen molar-refractivity contribution in [2.45, 2.75) is 151 Å². The van der Waals surface area contributed by atoms with Crippen LogP contribution in [0.25, 0.3) is 0 Å². The summed E-state index contributed by atoms with van der Waals surface area (Å²) in [6, 6.07) is 0. The quantitative estimate of drug-likeness (QED) is 0.270. The second-order valence-corrected chi connectivity index (χ2v) is 17.0. The monoisotopic (exact) mass is 691 g/mol. The zero-order valence-corrected chi connectivity index (χ0v) is 31.2. The third-order valence-corrected chi connectivity index (χ3v) is 14.2. The number of carbonyl (C=O) groups is 3. The molecule has 4 saturated carbocycles. The molecule has 7 heteroatoms. The minimum Gasteiger partial charge on any atom is -0.457 e. The average Bonchev–Trinajstić information content (AvgIpc) is 3.66. The highest BCUT2D eigenvalue weighted by atomic mass is 16.7. The Balaban J connectivity index is 1.56. The van der Waals surface area contributed by atoms with Crippen LogP contribution in [0.3, 0.4) is 0 Å². The van der Waals surface area contributed by atoms with Crippen LogP contribution in [-0.2, 0) is 28.6 Å². The summed E-state index contributed by atoms with van der Waals surface area (Å²) >= 11 is 0. The number of ketones is 2. The van der Waals surface area contributed by atoms with Gasteiger partial charge in [0.1, 0.15) is 0 Å². The maximum absolute atomic E-state index is 15.4. The van der Waals surface area contributed by atoms with E-state index in [1.165, 1.54) is 0 Å². The third-order valence-electron chi connectivity index (χ3n) is 14.2. The molecule has 4 unspecified atom stereocenters. The zero-order chi connectivity index (χ0) is 45.0. The highest BCUT2D eigenvalue weighted by molar-refractivity contribution is 6.06. The van der Waals surface area contributed by atoms with Crippen LogP contribution >= 0.6 is 0 Å². The fraction of sp³-hybridized carbons (Fsp3) is 0.833. The van der Waals surface area contributed by atoms with Gasteiger partial charge in [0.2, 0.25) is 5.78 Å². The lowest BCUT2D eigenvalue weighted by Crippen LogP contribution is -2.69. The van der Waals surface area contributed by atoms with E-state index in [1.807, 2.05) is 48.5 Å². The third kappa shape index (κ3) is 5.00. The van der Waals surface area contributed by atoms with Gasteiger partial charge in [0, 0.05) is 36.3 Å². The van der Waals surface area contributed by atoms with Crippen LogP contribution in [-0.4, -0.2) is 53.3 Å². The van der Waals surface area contributed by atoms with E-state index >= 15 is 4.79 Å². The number of Topliss-reactive ketones (excluding diaryl/α,β-unsaturated/α-hetero) is 1. The molecule has 0 amide bonds. The lowest BCUT2D eigenvalue weighted by molar-refractivity contribution is -0.241. The molecule has 0 spiro atoms. The molecule has 13 atom stereocenters. The van der Waals surface area contributed by atoms with E-state index in [2.05, 4.69) is 13.8 Å². The van der Waals surface area contributed by atoms with Crippen molar-refractivity contribution in [2.75, 3.05) is 6.61 Å². The first kappa shape index (κ1) is 26.0. The Labute approximate surface area is 309 Å². The van der Waals surface area contributed by atoms with Crippen LogP contribution in [0.1, 0.15) is 141 Å². The molecule has 0 radical (unpaired) electrons. The molecule has 1 saturated heterocycles. The molecule has 6 rings (SSSR count). The Bertz CT molecular complexity index is 1840. The number of allylic oxidation sites excluding steroid dienone is 4. The SMILES string of the molecule is [2H]C1([2H])C([2H])([2H])C([2H])([2H])C([2H])([C@@H]2O[C@@H]3C[C@H]4[C@@H]5CCC6=CC(=O)C(C)=C(C)[C@]6(C(C)C)[C@H]5[C@@H](O)C(C)[C@]4(CC)[C@]3(C(=O)COC(=O)C(C)C(C)(C)C)O2)C([2H])(C)C1([2H])[2H]. The molecule has 5 fully saturated rings. The van der Waals surface area contributed by atoms with Crippen molar-refractivity contribution >= 4 is 17.5 Å².